The molecule has 0 radical (unpaired) electrons. The molecule has 1 atom stereocenters. The van der Waals surface area contributed by atoms with E-state index in [0.717, 1.165) is 12.8 Å². The lowest BCUT2D eigenvalue weighted by atomic mass is 10.2. The molecule has 0 fully saturated rings. The Morgan fingerprint density at radius 3 is 1.89 bits per heavy atom. The Morgan fingerprint density at radius 1 is 1.11 bits per heavy atom. The lowest BCUT2D eigenvalue weighted by Gasteiger charge is -2.04. The molecular formula is C12H24N2O4. The van der Waals surface area contributed by atoms with Crippen molar-refractivity contribution in [1.82, 2.24) is 5.32 Å². The van der Waals surface area contributed by atoms with Crippen LogP contribution in [0.5, 0.6) is 0 Å². The molecule has 0 saturated heterocycles. The third-order valence-electron chi connectivity index (χ3n) is 1.73. The van der Waals surface area contributed by atoms with E-state index < -0.39 is 5.97 Å². The second kappa shape index (κ2) is 12.0. The van der Waals surface area contributed by atoms with E-state index in [4.69, 9.17) is 10.8 Å². The van der Waals surface area contributed by atoms with Gasteiger partial charge in [-0.25, -0.2) is 0 Å². The van der Waals surface area contributed by atoms with Gasteiger partial charge in [-0.1, -0.05) is 13.8 Å². The molecule has 4 N–H and O–H groups in total. The largest absolute Gasteiger partial charge is 0.481 e. The first-order valence-corrected chi connectivity index (χ1v) is 6.13. The van der Waals surface area contributed by atoms with Gasteiger partial charge in [0.1, 0.15) is 0 Å². The molecule has 2 amide bonds. The number of nitrogens with two attached hydrogens (primary N) is 1. The summed E-state index contributed by atoms with van der Waals surface area (Å²) in [4.78, 5) is 31.4. The van der Waals surface area contributed by atoms with Crippen LogP contribution in [-0.2, 0) is 14.4 Å². The van der Waals surface area contributed by atoms with E-state index in [0.29, 0.717) is 12.8 Å². The third-order valence-corrected chi connectivity index (χ3v) is 1.73. The van der Waals surface area contributed by atoms with Crippen LogP contribution in [0.3, 0.4) is 0 Å². The maximum absolute atomic E-state index is 10.9. The molecule has 0 saturated carbocycles. The Hall–Kier alpha value is -1.43. The number of hydrogen-bond acceptors (Lipinski definition) is 4. The lowest BCUT2D eigenvalue weighted by Crippen LogP contribution is -2.34. The van der Waals surface area contributed by atoms with Crippen LogP contribution < -0.4 is 11.1 Å². The summed E-state index contributed by atoms with van der Waals surface area (Å²) in [6.07, 6.45) is 2.37. The van der Waals surface area contributed by atoms with Crippen molar-refractivity contribution in [3.8, 4) is 0 Å². The van der Waals surface area contributed by atoms with Crippen molar-refractivity contribution in [3.05, 3.63) is 0 Å². The van der Waals surface area contributed by atoms with E-state index >= 15 is 0 Å². The van der Waals surface area contributed by atoms with Crippen molar-refractivity contribution in [1.29, 1.82) is 0 Å². The molecule has 0 rings (SSSR count). The second-order valence-corrected chi connectivity index (χ2v) is 4.05. The van der Waals surface area contributed by atoms with Crippen molar-refractivity contribution in [2.24, 2.45) is 5.73 Å². The van der Waals surface area contributed by atoms with Crippen LogP contribution in [0.1, 0.15) is 52.9 Å². The standard InChI is InChI=1S/C8H16N2O2.C4H8O2/c1-3-4-7(11)10-8(12)5-6(2)9;1-2-3-4(5)6/h6H,3-5,9H2,1-2H3,(H,10,11,12);2-3H2,1H3,(H,5,6)/t6-;/m0./s1. The van der Waals surface area contributed by atoms with Crippen molar-refractivity contribution < 1.29 is 19.5 Å². The monoisotopic (exact) mass is 260 g/mol. The maximum Gasteiger partial charge on any atom is 0.303 e. The van der Waals surface area contributed by atoms with Gasteiger partial charge < -0.3 is 10.8 Å². The first-order chi connectivity index (χ1) is 8.33. The summed E-state index contributed by atoms with van der Waals surface area (Å²) in [5.74, 6) is -1.22. The first kappa shape index (κ1) is 18.9. The Balaban J connectivity index is 0. The number of aliphatic carboxylic acids is 1. The van der Waals surface area contributed by atoms with Crippen LogP contribution in [0.2, 0.25) is 0 Å². The molecule has 6 nitrogen and oxygen atoms in total. The van der Waals surface area contributed by atoms with Gasteiger partial charge in [-0.3, -0.25) is 19.7 Å². The summed E-state index contributed by atoms with van der Waals surface area (Å²) in [5.41, 5.74) is 5.37. The molecule has 0 heterocycles. The molecule has 106 valence electrons. The van der Waals surface area contributed by atoms with E-state index in [1.165, 1.54) is 0 Å². The summed E-state index contributed by atoms with van der Waals surface area (Å²) < 4.78 is 0. The zero-order valence-electron chi connectivity index (χ0n) is 11.4. The van der Waals surface area contributed by atoms with Crippen molar-refractivity contribution in [2.45, 2.75) is 58.9 Å². The van der Waals surface area contributed by atoms with Gasteiger partial charge in [-0.2, -0.15) is 0 Å². The van der Waals surface area contributed by atoms with Gasteiger partial charge in [0.2, 0.25) is 11.8 Å². The molecule has 0 aliphatic rings. The topological polar surface area (TPSA) is 109 Å². The van der Waals surface area contributed by atoms with E-state index in [2.05, 4.69) is 5.32 Å². The smallest absolute Gasteiger partial charge is 0.303 e. The molecule has 0 aliphatic carbocycles. The quantitative estimate of drug-likeness (QED) is 0.661. The van der Waals surface area contributed by atoms with Crippen LogP contribution in [0.4, 0.5) is 0 Å². The molecule has 0 aromatic rings. The fourth-order valence-electron chi connectivity index (χ4n) is 1.00. The van der Waals surface area contributed by atoms with Crippen LogP contribution in [0, 0.1) is 0 Å². The highest BCUT2D eigenvalue weighted by molar-refractivity contribution is 5.95. The molecular weight excluding hydrogens is 236 g/mol. The fraction of sp³-hybridized carbons (Fsp3) is 0.750. The van der Waals surface area contributed by atoms with Crippen LogP contribution in [-0.4, -0.2) is 28.9 Å². The number of nitrogens with one attached hydrogen (secondary N) is 1. The number of rotatable bonds is 6. The Labute approximate surface area is 108 Å². The van der Waals surface area contributed by atoms with Gasteiger partial charge in [-0.15, -0.1) is 0 Å². The molecule has 0 bridgehead atoms. The van der Waals surface area contributed by atoms with E-state index in [1.807, 2.05) is 13.8 Å². The summed E-state index contributed by atoms with van der Waals surface area (Å²) in [6, 6.07) is -0.195. The zero-order valence-corrected chi connectivity index (χ0v) is 11.4. The van der Waals surface area contributed by atoms with Gasteiger partial charge in [-0.05, 0) is 19.8 Å². The average Bonchev–Trinajstić information content (AvgIpc) is 2.16. The number of hydrogen-bond donors (Lipinski definition) is 3. The first-order valence-electron chi connectivity index (χ1n) is 6.13. The Bertz CT molecular complexity index is 265. The van der Waals surface area contributed by atoms with Gasteiger partial charge in [0.15, 0.2) is 0 Å². The highest BCUT2D eigenvalue weighted by Crippen LogP contribution is 1.89. The molecule has 0 aromatic heterocycles. The predicted octanol–water partition coefficient (Wildman–Crippen LogP) is 1.04. The summed E-state index contributed by atoms with van der Waals surface area (Å²) >= 11 is 0. The van der Waals surface area contributed by atoms with Gasteiger partial charge in [0, 0.05) is 25.3 Å². The summed E-state index contributed by atoms with van der Waals surface area (Å²) in [7, 11) is 0. The van der Waals surface area contributed by atoms with Crippen LogP contribution >= 0.6 is 0 Å². The molecule has 0 aromatic carbocycles. The molecule has 6 heteroatoms. The Kier molecular flexibility index (Phi) is 12.7. The minimum atomic E-state index is -0.711. The predicted molar refractivity (Wildman–Crippen MR) is 68.9 cm³/mol. The average molecular weight is 260 g/mol. The number of carbonyl (C=O) groups is 3. The van der Waals surface area contributed by atoms with Gasteiger partial charge in [0.25, 0.3) is 0 Å². The summed E-state index contributed by atoms with van der Waals surface area (Å²) in [6.45, 7) is 5.45. The highest BCUT2D eigenvalue weighted by atomic mass is 16.4. The summed E-state index contributed by atoms with van der Waals surface area (Å²) in [5, 5.41) is 10.2. The minimum Gasteiger partial charge on any atom is -0.481 e. The number of amides is 2. The number of imide groups is 1. The molecule has 0 unspecified atom stereocenters. The van der Waals surface area contributed by atoms with E-state index in [-0.39, 0.29) is 24.3 Å². The zero-order chi connectivity index (χ0) is 14.6. The minimum absolute atomic E-state index is 0.195. The molecule has 0 aliphatic heterocycles. The number of carboxylic acids is 1. The van der Waals surface area contributed by atoms with Crippen molar-refractivity contribution in [2.75, 3.05) is 0 Å². The SMILES string of the molecule is CCCC(=O)NC(=O)C[C@H](C)N.CCCC(=O)O. The van der Waals surface area contributed by atoms with Crippen LogP contribution in [0.15, 0.2) is 0 Å². The van der Waals surface area contributed by atoms with E-state index in [9.17, 15) is 14.4 Å². The second-order valence-electron chi connectivity index (χ2n) is 4.05. The number of carbonyl (C=O) groups excluding carboxylic acids is 2. The normalized spacial score (nSPS) is 10.9. The fourth-order valence-corrected chi connectivity index (χ4v) is 1.00. The van der Waals surface area contributed by atoms with Crippen molar-refractivity contribution in [3.63, 3.8) is 0 Å². The highest BCUT2D eigenvalue weighted by Gasteiger charge is 2.08. The molecule has 0 spiro atoms. The van der Waals surface area contributed by atoms with Gasteiger partial charge >= 0.3 is 5.97 Å². The third kappa shape index (κ3) is 17.0. The van der Waals surface area contributed by atoms with Crippen LogP contribution in [0.25, 0.3) is 0 Å². The molecule has 18 heavy (non-hydrogen) atoms. The maximum atomic E-state index is 10.9. The van der Waals surface area contributed by atoms with Crippen molar-refractivity contribution >= 4 is 17.8 Å². The lowest BCUT2D eigenvalue weighted by molar-refractivity contribution is -0.137. The van der Waals surface area contributed by atoms with E-state index in [1.54, 1.807) is 6.92 Å². The number of carboxylic acid groups (broad SMARTS) is 1. The Morgan fingerprint density at radius 2 is 1.61 bits per heavy atom. The van der Waals surface area contributed by atoms with Gasteiger partial charge in [0.05, 0.1) is 0 Å².